The number of rotatable bonds is 1. The summed E-state index contributed by atoms with van der Waals surface area (Å²) in [5.74, 6) is -5.79. The van der Waals surface area contributed by atoms with Crippen LogP contribution < -0.4 is 56.5 Å². The van der Waals surface area contributed by atoms with E-state index in [-0.39, 0.29) is 24.6 Å². The number of nitrogens with two attached hydrogens (primary N) is 2. The number of aliphatic carboxylic acids is 4. The van der Waals surface area contributed by atoms with E-state index in [1.165, 1.54) is 0 Å². The van der Waals surface area contributed by atoms with Crippen LogP contribution in [-0.4, -0.2) is 34.8 Å². The summed E-state index contributed by atoms with van der Waals surface area (Å²) in [7, 11) is 0. The zero-order chi connectivity index (χ0) is 19.5. The van der Waals surface area contributed by atoms with Crippen LogP contribution in [-0.2, 0) is 19.2 Å². The molecule has 0 aliphatic rings. The van der Waals surface area contributed by atoms with Gasteiger partial charge in [-0.25, -0.2) is 0 Å². The van der Waals surface area contributed by atoms with Crippen molar-refractivity contribution in [2.24, 2.45) is 11.5 Å². The zero-order valence-electron chi connectivity index (χ0n) is 17.1. The fourth-order valence-electron chi connectivity index (χ4n) is 0. The number of quaternary nitrogens is 4. The molecule has 15 nitrogen and oxygen atoms in total. The third kappa shape index (κ3) is 25500. The number of hydrogen-bond acceptors (Lipinski definition) is 11. The number of hydrogen-bond donors (Lipinski definition) is 7. The van der Waals surface area contributed by atoms with Crippen LogP contribution in [0.3, 0.4) is 0 Å². The molecule has 0 saturated heterocycles. The predicted molar refractivity (Wildman–Crippen MR) is 90.3 cm³/mol. The monoisotopic (exact) mass is 398 g/mol. The Morgan fingerprint density at radius 2 is 0.731 bits per heavy atom. The molecular formula is C11H38N6O9. The van der Waals surface area contributed by atoms with Gasteiger partial charge in [-0.05, 0) is 27.7 Å². The second kappa shape index (κ2) is 38.3. The minimum Gasteiger partial charge on any atom is -0.550 e. The fraction of sp³-hybridized carbons (Fsp3) is 0.636. The summed E-state index contributed by atoms with van der Waals surface area (Å²) < 4.78 is 0. The van der Waals surface area contributed by atoms with Crippen LogP contribution >= 0.6 is 0 Å². The van der Waals surface area contributed by atoms with E-state index in [2.05, 4.69) is 0 Å². The normalized spacial score (nSPS) is 6.62. The van der Waals surface area contributed by atoms with Crippen LogP contribution in [0.4, 0.5) is 0 Å². The van der Waals surface area contributed by atoms with E-state index >= 15 is 0 Å². The summed E-state index contributed by atoms with van der Waals surface area (Å²) in [5.41, 5.74) is 9.74. The molecule has 0 fully saturated rings. The third-order valence-corrected chi connectivity index (χ3v) is 0.566. The van der Waals surface area contributed by atoms with E-state index in [0.717, 1.165) is 27.7 Å². The average Bonchev–Trinajstić information content (AvgIpc) is 2.12. The van der Waals surface area contributed by atoms with Gasteiger partial charge >= 0.3 is 0 Å². The summed E-state index contributed by atoms with van der Waals surface area (Å²) in [5, 5.41) is 43.9. The lowest BCUT2D eigenvalue weighted by atomic mass is 10.3. The Bertz CT molecular complexity index is 258. The van der Waals surface area contributed by atoms with Gasteiger partial charge in [-0.3, -0.25) is 11.5 Å². The largest absolute Gasteiger partial charge is 0.550 e. The molecular weight excluding hydrogens is 360 g/mol. The van der Waals surface area contributed by atoms with Crippen molar-refractivity contribution in [3.63, 3.8) is 0 Å². The minimum atomic E-state index is -1.46. The zero-order valence-corrected chi connectivity index (χ0v) is 17.1. The molecule has 15 heteroatoms. The summed E-state index contributed by atoms with van der Waals surface area (Å²) in [4.78, 5) is 35.6. The molecule has 0 aromatic heterocycles. The van der Waals surface area contributed by atoms with Crippen molar-refractivity contribution in [1.29, 1.82) is 0 Å². The quantitative estimate of drug-likeness (QED) is 0.206. The van der Waals surface area contributed by atoms with E-state index in [1.54, 1.807) is 6.92 Å². The fourth-order valence-corrected chi connectivity index (χ4v) is 0. The van der Waals surface area contributed by atoms with Crippen LogP contribution in [0.1, 0.15) is 41.0 Å². The molecule has 0 aliphatic heterocycles. The number of carbonyl (C=O) groups is 4. The molecule has 166 valence electrons. The molecule has 0 aromatic rings. The smallest absolute Gasteiger partial charge is 0.166 e. The molecule has 0 unspecified atom stereocenters. The van der Waals surface area contributed by atoms with Gasteiger partial charge in [-0.1, -0.05) is 6.92 Å². The first-order chi connectivity index (χ1) is 9.49. The molecule has 0 aliphatic carbocycles. The summed E-state index contributed by atoms with van der Waals surface area (Å²) in [6, 6.07) is 0. The first-order valence-corrected chi connectivity index (χ1v) is 5.49. The highest BCUT2D eigenvalue weighted by Crippen LogP contribution is 1.85. The summed E-state index contributed by atoms with van der Waals surface area (Å²) >= 11 is 0. The highest BCUT2D eigenvalue weighted by molar-refractivity contribution is 5.61. The Morgan fingerprint density at radius 3 is 0.731 bits per heavy atom. The molecule has 0 bridgehead atoms. The topological polar surface area (TPSA) is 379 Å². The molecule has 0 atom stereocenters. The van der Waals surface area contributed by atoms with E-state index in [4.69, 9.17) is 56.2 Å². The lowest BCUT2D eigenvalue weighted by Crippen LogP contribution is -2.48. The van der Waals surface area contributed by atoms with Crippen LogP contribution in [0, 0.1) is 0 Å². The number of carboxylic acids is 4. The molecule has 0 aromatic carbocycles. The van der Waals surface area contributed by atoms with Crippen LogP contribution in [0.2, 0.25) is 0 Å². The second-order valence-electron chi connectivity index (χ2n) is 3.31. The maximum absolute atomic E-state index is 8.89. The molecule has 0 rings (SSSR count). The number of aliphatic hydroxyl groups is 1. The van der Waals surface area contributed by atoms with Crippen molar-refractivity contribution in [3.8, 4) is 0 Å². The molecule has 0 amide bonds. The molecule has 21 N–H and O–H groups in total. The SMILES string of the molecule is CC(=O)[O-].CC(=O)[O-].CC(=O)[O-].CC(=O)[O-].CCC(N)(N)O.[NH4+].[NH4+].[NH4+].[NH4+]. The predicted octanol–water partition coefficient (Wildman–Crippen LogP) is -4.51. The van der Waals surface area contributed by atoms with Gasteiger partial charge in [0, 0.05) is 30.3 Å². The molecule has 0 spiro atoms. The van der Waals surface area contributed by atoms with Crippen LogP contribution in [0.25, 0.3) is 0 Å². The van der Waals surface area contributed by atoms with Gasteiger partial charge in [0.15, 0.2) is 5.85 Å². The number of carbonyl (C=O) groups excluding carboxylic acids is 4. The van der Waals surface area contributed by atoms with Crippen molar-refractivity contribution < 1.29 is 44.7 Å². The van der Waals surface area contributed by atoms with Gasteiger partial charge in [0.1, 0.15) is 0 Å². The maximum Gasteiger partial charge on any atom is 0.166 e. The van der Waals surface area contributed by atoms with Crippen molar-refractivity contribution in [1.82, 2.24) is 24.6 Å². The first kappa shape index (κ1) is 56.5. The molecule has 0 saturated carbocycles. The van der Waals surface area contributed by atoms with Crippen molar-refractivity contribution >= 4 is 23.9 Å². The van der Waals surface area contributed by atoms with Crippen LogP contribution in [0.15, 0.2) is 0 Å². The van der Waals surface area contributed by atoms with Crippen molar-refractivity contribution in [2.45, 2.75) is 46.9 Å². The Hall–Kier alpha value is -2.40. The van der Waals surface area contributed by atoms with Gasteiger partial charge in [-0.15, -0.1) is 0 Å². The maximum atomic E-state index is 8.89. The second-order valence-corrected chi connectivity index (χ2v) is 3.31. The standard InChI is InChI=1S/C3H10N2O.4C2H4O2.4H3N/c1-2-3(4,5)6;4*1-2(3)4;;;;/h6H,2,4-5H2,1H3;4*1H3,(H,3,4);4*1H3. The molecule has 0 radical (unpaired) electrons. The lowest BCUT2D eigenvalue weighted by molar-refractivity contribution is -0.303. The van der Waals surface area contributed by atoms with Crippen molar-refractivity contribution in [2.75, 3.05) is 0 Å². The first-order valence-electron chi connectivity index (χ1n) is 5.49. The van der Waals surface area contributed by atoms with Gasteiger partial charge in [0.05, 0.1) is 0 Å². The molecule has 26 heavy (non-hydrogen) atoms. The highest BCUT2D eigenvalue weighted by atomic mass is 16.4. The summed E-state index contributed by atoms with van der Waals surface area (Å²) in [6.07, 6.45) is 0.382. The average molecular weight is 398 g/mol. The van der Waals surface area contributed by atoms with Gasteiger partial charge < -0.3 is 69.3 Å². The highest BCUT2D eigenvalue weighted by Gasteiger charge is 2.06. The summed E-state index contributed by atoms with van der Waals surface area (Å²) in [6.45, 7) is 5.60. The number of carboxylic acid groups (broad SMARTS) is 4. The van der Waals surface area contributed by atoms with Gasteiger partial charge in [-0.2, -0.15) is 0 Å². The van der Waals surface area contributed by atoms with Crippen molar-refractivity contribution in [3.05, 3.63) is 0 Å². The molecule has 0 heterocycles. The Morgan fingerprint density at radius 1 is 0.692 bits per heavy atom. The lowest BCUT2D eigenvalue weighted by Gasteiger charge is -2.11. The Balaban J connectivity index is -0.0000000193. The Kier molecular flexibility index (Phi) is 83.2. The third-order valence-electron chi connectivity index (χ3n) is 0.566. The van der Waals surface area contributed by atoms with E-state index in [0.29, 0.717) is 6.42 Å². The van der Waals surface area contributed by atoms with E-state index in [1.807, 2.05) is 0 Å². The van der Waals surface area contributed by atoms with Gasteiger partial charge in [0.2, 0.25) is 0 Å². The van der Waals surface area contributed by atoms with Crippen LogP contribution in [0.5, 0.6) is 0 Å². The van der Waals surface area contributed by atoms with E-state index < -0.39 is 29.7 Å². The Labute approximate surface area is 152 Å². The van der Waals surface area contributed by atoms with E-state index in [9.17, 15) is 0 Å². The minimum absolute atomic E-state index is 0. The van der Waals surface area contributed by atoms with Gasteiger partial charge in [0.25, 0.3) is 0 Å².